The third-order valence-electron chi connectivity index (χ3n) is 2.38. The average Bonchev–Trinajstić information content (AvgIpc) is 2.27. The van der Waals surface area contributed by atoms with E-state index in [2.05, 4.69) is 10.0 Å². The van der Waals surface area contributed by atoms with E-state index in [1.807, 2.05) is 13.8 Å². The minimum atomic E-state index is -3.93. The van der Waals surface area contributed by atoms with Crippen LogP contribution in [0.3, 0.4) is 0 Å². The van der Waals surface area contributed by atoms with Crippen molar-refractivity contribution in [2.45, 2.75) is 31.2 Å². The largest absolute Gasteiger partial charge is 0.314 e. The molecule has 7 heteroatoms. The third kappa shape index (κ3) is 5.22. The van der Waals surface area contributed by atoms with E-state index in [1.54, 1.807) is 0 Å². The standard InChI is InChI=1S/C12H18F2N2O2S/c1-9(2)15-6-3-7-16-19(17,18)12-5-4-10(13)8-11(12)14/h4-5,8-9,15-16H,3,6-7H2,1-2H3. The molecule has 0 fully saturated rings. The molecule has 1 aromatic rings. The molecule has 0 bridgehead atoms. The van der Waals surface area contributed by atoms with Gasteiger partial charge < -0.3 is 5.32 Å². The van der Waals surface area contributed by atoms with E-state index >= 15 is 0 Å². The van der Waals surface area contributed by atoms with Crippen molar-refractivity contribution in [1.82, 2.24) is 10.0 Å². The zero-order valence-corrected chi connectivity index (χ0v) is 11.7. The van der Waals surface area contributed by atoms with Gasteiger partial charge in [-0.2, -0.15) is 0 Å². The van der Waals surface area contributed by atoms with E-state index in [0.717, 1.165) is 12.1 Å². The number of benzene rings is 1. The van der Waals surface area contributed by atoms with E-state index in [9.17, 15) is 17.2 Å². The molecule has 1 rings (SSSR count). The topological polar surface area (TPSA) is 58.2 Å². The van der Waals surface area contributed by atoms with Crippen LogP contribution in [0.4, 0.5) is 8.78 Å². The molecule has 0 heterocycles. The molecule has 0 atom stereocenters. The van der Waals surface area contributed by atoms with Crippen molar-refractivity contribution in [3.63, 3.8) is 0 Å². The molecule has 1 aromatic carbocycles. The molecule has 4 nitrogen and oxygen atoms in total. The van der Waals surface area contributed by atoms with Crippen LogP contribution in [-0.4, -0.2) is 27.5 Å². The maximum atomic E-state index is 13.4. The summed E-state index contributed by atoms with van der Waals surface area (Å²) in [5.41, 5.74) is 0. The van der Waals surface area contributed by atoms with Gasteiger partial charge in [-0.25, -0.2) is 21.9 Å². The van der Waals surface area contributed by atoms with Crippen LogP contribution in [0.5, 0.6) is 0 Å². The smallest absolute Gasteiger partial charge is 0.243 e. The Morgan fingerprint density at radius 2 is 1.89 bits per heavy atom. The SMILES string of the molecule is CC(C)NCCCNS(=O)(=O)c1ccc(F)cc1F. The highest BCUT2D eigenvalue weighted by Crippen LogP contribution is 2.14. The monoisotopic (exact) mass is 292 g/mol. The van der Waals surface area contributed by atoms with Crippen molar-refractivity contribution in [1.29, 1.82) is 0 Å². The Balaban J connectivity index is 2.56. The lowest BCUT2D eigenvalue weighted by Gasteiger charge is -2.09. The van der Waals surface area contributed by atoms with Crippen molar-refractivity contribution in [2.24, 2.45) is 0 Å². The summed E-state index contributed by atoms with van der Waals surface area (Å²) in [5.74, 6) is -1.90. The maximum Gasteiger partial charge on any atom is 0.243 e. The molecule has 0 radical (unpaired) electrons. The first-order valence-corrected chi connectivity index (χ1v) is 7.49. The van der Waals surface area contributed by atoms with E-state index in [-0.39, 0.29) is 6.54 Å². The first kappa shape index (κ1) is 16.0. The highest BCUT2D eigenvalue weighted by Gasteiger charge is 2.18. The number of hydrogen-bond donors (Lipinski definition) is 2. The van der Waals surface area contributed by atoms with E-state index in [4.69, 9.17) is 0 Å². The molecule has 0 spiro atoms. The van der Waals surface area contributed by atoms with Gasteiger partial charge >= 0.3 is 0 Å². The summed E-state index contributed by atoms with van der Waals surface area (Å²) in [4.78, 5) is -0.536. The van der Waals surface area contributed by atoms with E-state index in [1.165, 1.54) is 0 Å². The van der Waals surface area contributed by atoms with E-state index < -0.39 is 26.6 Å². The molecule has 0 saturated carbocycles. The van der Waals surface area contributed by atoms with Gasteiger partial charge in [0, 0.05) is 18.7 Å². The second kappa shape index (κ2) is 6.93. The second-order valence-electron chi connectivity index (χ2n) is 4.43. The van der Waals surface area contributed by atoms with Gasteiger partial charge in [0.2, 0.25) is 10.0 Å². The van der Waals surface area contributed by atoms with Crippen LogP contribution in [0.15, 0.2) is 23.1 Å². The van der Waals surface area contributed by atoms with Crippen LogP contribution in [0.2, 0.25) is 0 Å². The molecule has 2 N–H and O–H groups in total. The molecular formula is C12H18F2N2O2S. The van der Waals surface area contributed by atoms with E-state index in [0.29, 0.717) is 25.1 Å². The fourth-order valence-corrected chi connectivity index (χ4v) is 2.59. The number of sulfonamides is 1. The summed E-state index contributed by atoms with van der Waals surface area (Å²) in [6.45, 7) is 4.82. The van der Waals surface area contributed by atoms with Gasteiger partial charge in [0.15, 0.2) is 0 Å². The molecule has 0 amide bonds. The summed E-state index contributed by atoms with van der Waals surface area (Å²) < 4.78 is 51.9. The summed E-state index contributed by atoms with van der Waals surface area (Å²) in [6, 6.07) is 2.71. The number of halogens is 2. The fraction of sp³-hybridized carbons (Fsp3) is 0.500. The van der Waals surface area contributed by atoms with Crippen molar-refractivity contribution in [3.8, 4) is 0 Å². The molecule has 19 heavy (non-hydrogen) atoms. The summed E-state index contributed by atoms with van der Waals surface area (Å²) in [5, 5.41) is 3.13. The third-order valence-corrected chi connectivity index (χ3v) is 3.88. The molecule has 0 unspecified atom stereocenters. The molecule has 0 aliphatic heterocycles. The molecule has 108 valence electrons. The lowest BCUT2D eigenvalue weighted by molar-refractivity contribution is 0.537. The molecule has 0 aliphatic rings. The van der Waals surface area contributed by atoms with Crippen LogP contribution in [0.25, 0.3) is 0 Å². The Hall–Kier alpha value is -1.05. The predicted octanol–water partition coefficient (Wildman–Crippen LogP) is 1.63. The van der Waals surface area contributed by atoms with Crippen molar-refractivity contribution in [2.75, 3.05) is 13.1 Å². The zero-order valence-electron chi connectivity index (χ0n) is 10.9. The Morgan fingerprint density at radius 1 is 1.21 bits per heavy atom. The molecular weight excluding hydrogens is 274 g/mol. The number of nitrogens with one attached hydrogen (secondary N) is 2. The quantitative estimate of drug-likeness (QED) is 0.751. The van der Waals surface area contributed by atoms with Gasteiger partial charge in [0.1, 0.15) is 16.5 Å². The lowest BCUT2D eigenvalue weighted by atomic mass is 10.3. The highest BCUT2D eigenvalue weighted by molar-refractivity contribution is 7.89. The average molecular weight is 292 g/mol. The van der Waals surface area contributed by atoms with Crippen molar-refractivity contribution >= 4 is 10.0 Å². The highest BCUT2D eigenvalue weighted by atomic mass is 32.2. The van der Waals surface area contributed by atoms with Crippen LogP contribution in [-0.2, 0) is 10.0 Å². The van der Waals surface area contributed by atoms with Gasteiger partial charge in [-0.3, -0.25) is 0 Å². The maximum absolute atomic E-state index is 13.4. The normalized spacial score (nSPS) is 12.1. The summed E-state index contributed by atoms with van der Waals surface area (Å²) in [7, 11) is -3.93. The van der Waals surface area contributed by atoms with Gasteiger partial charge in [0.05, 0.1) is 0 Å². The lowest BCUT2D eigenvalue weighted by Crippen LogP contribution is -2.30. The van der Waals surface area contributed by atoms with Crippen LogP contribution in [0.1, 0.15) is 20.3 Å². The minimum Gasteiger partial charge on any atom is -0.314 e. The predicted molar refractivity (Wildman–Crippen MR) is 69.3 cm³/mol. The molecule has 0 aromatic heterocycles. The minimum absolute atomic E-state index is 0.193. The molecule has 0 saturated heterocycles. The van der Waals surface area contributed by atoms with Gasteiger partial charge in [-0.15, -0.1) is 0 Å². The summed E-state index contributed by atoms with van der Waals surface area (Å²) >= 11 is 0. The first-order valence-electron chi connectivity index (χ1n) is 6.01. The Kier molecular flexibility index (Phi) is 5.84. The van der Waals surface area contributed by atoms with Gasteiger partial charge in [-0.05, 0) is 25.1 Å². The summed E-state index contributed by atoms with van der Waals surface area (Å²) in [6.07, 6.45) is 0.584. The Morgan fingerprint density at radius 3 is 2.47 bits per heavy atom. The zero-order chi connectivity index (χ0) is 14.5. The van der Waals surface area contributed by atoms with Crippen LogP contribution in [0, 0.1) is 11.6 Å². The van der Waals surface area contributed by atoms with Gasteiger partial charge in [0.25, 0.3) is 0 Å². The van der Waals surface area contributed by atoms with Crippen LogP contribution < -0.4 is 10.0 Å². The molecule has 0 aliphatic carbocycles. The van der Waals surface area contributed by atoms with Crippen LogP contribution >= 0.6 is 0 Å². The Bertz CT molecular complexity index is 518. The van der Waals surface area contributed by atoms with Gasteiger partial charge in [-0.1, -0.05) is 13.8 Å². The number of rotatable bonds is 7. The first-order chi connectivity index (χ1) is 8.83. The Labute approximate surface area is 112 Å². The second-order valence-corrected chi connectivity index (χ2v) is 6.17. The van der Waals surface area contributed by atoms with Crippen molar-refractivity contribution < 1.29 is 17.2 Å². The van der Waals surface area contributed by atoms with Crippen molar-refractivity contribution in [3.05, 3.63) is 29.8 Å². The number of hydrogen-bond acceptors (Lipinski definition) is 3. The fourth-order valence-electron chi connectivity index (χ4n) is 1.46.